The van der Waals surface area contributed by atoms with Gasteiger partial charge < -0.3 is 9.64 Å². The number of hydrogen-bond acceptors (Lipinski definition) is 3. The Morgan fingerprint density at radius 1 is 1.23 bits per heavy atom. The summed E-state index contributed by atoms with van der Waals surface area (Å²) in [4.78, 5) is 13.8. The number of nitrogens with one attached hydrogen (secondary N) is 1. The zero-order valence-electron chi connectivity index (χ0n) is 12.9. The highest BCUT2D eigenvalue weighted by Gasteiger charge is 2.26. The first kappa shape index (κ1) is 14.4. The van der Waals surface area contributed by atoms with Crippen LogP contribution in [0.25, 0.3) is 0 Å². The maximum atomic E-state index is 11.4. The van der Waals surface area contributed by atoms with Gasteiger partial charge in [-0.2, -0.15) is 0 Å². The number of rotatable bonds is 3. The van der Waals surface area contributed by atoms with Gasteiger partial charge in [0.25, 0.3) is 0 Å². The van der Waals surface area contributed by atoms with Crippen LogP contribution in [0, 0.1) is 0 Å². The maximum absolute atomic E-state index is 11.4. The summed E-state index contributed by atoms with van der Waals surface area (Å²) in [5.41, 5.74) is 4.51. The summed E-state index contributed by atoms with van der Waals surface area (Å²) in [6.45, 7) is 4.38. The topological polar surface area (TPSA) is 41.6 Å². The van der Waals surface area contributed by atoms with Gasteiger partial charge in [0.15, 0.2) is 0 Å². The molecule has 2 aromatic carbocycles. The van der Waals surface area contributed by atoms with E-state index in [1.54, 1.807) is 6.92 Å². The van der Waals surface area contributed by atoms with E-state index in [1.807, 2.05) is 24.3 Å². The summed E-state index contributed by atoms with van der Waals surface area (Å²) >= 11 is 0. The summed E-state index contributed by atoms with van der Waals surface area (Å²) in [6, 6.07) is 16.8. The lowest BCUT2D eigenvalue weighted by Gasteiger charge is -2.25. The van der Waals surface area contributed by atoms with Crippen molar-refractivity contribution in [3.8, 4) is 0 Å². The number of carbonyl (C=O) groups excluding carboxylic acids is 1. The first-order valence-corrected chi connectivity index (χ1v) is 7.60. The number of hydrogen-bond donors (Lipinski definition) is 1. The number of ether oxygens (including phenoxy) is 1. The van der Waals surface area contributed by atoms with Crippen molar-refractivity contribution in [3.63, 3.8) is 0 Å². The van der Waals surface area contributed by atoms with Gasteiger partial charge >= 0.3 is 6.09 Å². The SMILES string of the molecule is CCOC(=O)Nc1ccc(N2c3ccccc3CC2C)cc1. The molecule has 1 N–H and O–H groups in total. The van der Waals surface area contributed by atoms with Crippen molar-refractivity contribution in [3.05, 3.63) is 54.1 Å². The second-order valence-corrected chi connectivity index (χ2v) is 5.44. The van der Waals surface area contributed by atoms with E-state index in [4.69, 9.17) is 4.74 Å². The summed E-state index contributed by atoms with van der Waals surface area (Å²) in [5.74, 6) is 0. The van der Waals surface area contributed by atoms with Crippen LogP contribution in [0.4, 0.5) is 21.9 Å². The largest absolute Gasteiger partial charge is 0.450 e. The molecule has 0 saturated carbocycles. The van der Waals surface area contributed by atoms with Gasteiger partial charge in [-0.3, -0.25) is 5.32 Å². The average molecular weight is 296 g/mol. The van der Waals surface area contributed by atoms with Gasteiger partial charge in [0.2, 0.25) is 0 Å². The van der Waals surface area contributed by atoms with E-state index in [0.29, 0.717) is 12.6 Å². The zero-order chi connectivity index (χ0) is 15.5. The second kappa shape index (κ2) is 6.10. The highest BCUT2D eigenvalue weighted by molar-refractivity contribution is 5.85. The maximum Gasteiger partial charge on any atom is 0.411 e. The average Bonchev–Trinajstić information content (AvgIpc) is 2.84. The fraction of sp³-hybridized carbons (Fsp3) is 0.278. The summed E-state index contributed by atoms with van der Waals surface area (Å²) in [5, 5.41) is 2.71. The predicted molar refractivity (Wildman–Crippen MR) is 88.8 cm³/mol. The molecule has 3 rings (SSSR count). The molecular formula is C18H20N2O2. The van der Waals surface area contributed by atoms with E-state index in [2.05, 4.69) is 41.4 Å². The molecular weight excluding hydrogens is 276 g/mol. The van der Waals surface area contributed by atoms with Gasteiger partial charge in [-0.15, -0.1) is 0 Å². The third-order valence-electron chi connectivity index (χ3n) is 3.87. The molecule has 1 aliphatic rings. The van der Waals surface area contributed by atoms with Gasteiger partial charge in [0, 0.05) is 23.1 Å². The number of para-hydroxylation sites is 1. The van der Waals surface area contributed by atoms with Crippen LogP contribution in [-0.4, -0.2) is 18.7 Å². The number of anilines is 3. The molecule has 1 atom stereocenters. The van der Waals surface area contributed by atoms with E-state index < -0.39 is 6.09 Å². The summed E-state index contributed by atoms with van der Waals surface area (Å²) < 4.78 is 4.88. The molecule has 0 fully saturated rings. The fourth-order valence-corrected chi connectivity index (χ4v) is 2.95. The number of carbonyl (C=O) groups is 1. The Hall–Kier alpha value is -2.49. The minimum absolute atomic E-state index is 0.367. The van der Waals surface area contributed by atoms with E-state index in [-0.39, 0.29) is 0 Å². The third kappa shape index (κ3) is 2.77. The van der Waals surface area contributed by atoms with E-state index >= 15 is 0 Å². The molecule has 2 aromatic rings. The Morgan fingerprint density at radius 2 is 1.95 bits per heavy atom. The normalized spacial score (nSPS) is 16.3. The second-order valence-electron chi connectivity index (χ2n) is 5.44. The van der Waals surface area contributed by atoms with E-state index in [9.17, 15) is 4.79 Å². The smallest absolute Gasteiger partial charge is 0.411 e. The third-order valence-corrected chi connectivity index (χ3v) is 3.87. The molecule has 0 spiro atoms. The van der Waals surface area contributed by atoms with Crippen molar-refractivity contribution in [1.29, 1.82) is 0 Å². The molecule has 4 nitrogen and oxygen atoms in total. The van der Waals surface area contributed by atoms with Crippen LogP contribution < -0.4 is 10.2 Å². The van der Waals surface area contributed by atoms with Crippen molar-refractivity contribution in [2.75, 3.05) is 16.8 Å². The molecule has 0 saturated heterocycles. The number of fused-ring (bicyclic) bond motifs is 1. The van der Waals surface area contributed by atoms with Gasteiger partial charge in [-0.25, -0.2) is 4.79 Å². The molecule has 1 unspecified atom stereocenters. The zero-order valence-corrected chi connectivity index (χ0v) is 12.9. The molecule has 1 aliphatic heterocycles. The molecule has 4 heteroatoms. The number of nitrogens with zero attached hydrogens (tertiary/aromatic N) is 1. The first-order valence-electron chi connectivity index (χ1n) is 7.60. The Labute approximate surface area is 130 Å². The Balaban J connectivity index is 1.80. The van der Waals surface area contributed by atoms with Gasteiger partial charge in [-0.1, -0.05) is 18.2 Å². The monoisotopic (exact) mass is 296 g/mol. The Morgan fingerprint density at radius 3 is 2.68 bits per heavy atom. The highest BCUT2D eigenvalue weighted by atomic mass is 16.5. The van der Waals surface area contributed by atoms with Gasteiger partial charge in [0.1, 0.15) is 0 Å². The molecule has 0 bridgehead atoms. The molecule has 1 heterocycles. The molecule has 1 amide bonds. The van der Waals surface area contributed by atoms with Gasteiger partial charge in [0.05, 0.1) is 6.61 Å². The van der Waals surface area contributed by atoms with Crippen LogP contribution in [0.2, 0.25) is 0 Å². The predicted octanol–water partition coefficient (Wildman–Crippen LogP) is 4.34. The van der Waals surface area contributed by atoms with E-state index in [0.717, 1.165) is 17.8 Å². The van der Waals surface area contributed by atoms with Crippen LogP contribution in [0.5, 0.6) is 0 Å². The lowest BCUT2D eigenvalue weighted by molar-refractivity contribution is 0.168. The highest BCUT2D eigenvalue weighted by Crippen LogP contribution is 2.38. The minimum atomic E-state index is -0.421. The Bertz CT molecular complexity index is 667. The fourth-order valence-electron chi connectivity index (χ4n) is 2.95. The summed E-state index contributed by atoms with van der Waals surface area (Å²) in [6.07, 6.45) is 0.633. The molecule has 114 valence electrons. The van der Waals surface area contributed by atoms with Crippen LogP contribution in [0.3, 0.4) is 0 Å². The quantitative estimate of drug-likeness (QED) is 0.916. The Kier molecular flexibility index (Phi) is 4.00. The van der Waals surface area contributed by atoms with Crippen molar-refractivity contribution in [2.24, 2.45) is 0 Å². The number of benzene rings is 2. The lowest BCUT2D eigenvalue weighted by Crippen LogP contribution is -2.23. The van der Waals surface area contributed by atoms with Crippen molar-refractivity contribution >= 4 is 23.2 Å². The molecule has 0 aliphatic carbocycles. The van der Waals surface area contributed by atoms with Crippen LogP contribution >= 0.6 is 0 Å². The van der Waals surface area contributed by atoms with E-state index in [1.165, 1.54) is 11.3 Å². The lowest BCUT2D eigenvalue weighted by atomic mass is 10.1. The minimum Gasteiger partial charge on any atom is -0.450 e. The molecule has 0 radical (unpaired) electrons. The molecule has 22 heavy (non-hydrogen) atoms. The summed E-state index contributed by atoms with van der Waals surface area (Å²) in [7, 11) is 0. The number of amides is 1. The van der Waals surface area contributed by atoms with Crippen molar-refractivity contribution < 1.29 is 9.53 Å². The molecule has 0 aromatic heterocycles. The standard InChI is InChI=1S/C18H20N2O2/c1-3-22-18(21)19-15-8-10-16(11-9-15)20-13(2)12-14-6-4-5-7-17(14)20/h4-11,13H,3,12H2,1-2H3,(H,19,21). The van der Waals surface area contributed by atoms with Crippen LogP contribution in [0.1, 0.15) is 19.4 Å². The van der Waals surface area contributed by atoms with Crippen molar-refractivity contribution in [2.45, 2.75) is 26.3 Å². The first-order chi connectivity index (χ1) is 10.7. The van der Waals surface area contributed by atoms with Crippen molar-refractivity contribution in [1.82, 2.24) is 0 Å². The van der Waals surface area contributed by atoms with Crippen LogP contribution in [-0.2, 0) is 11.2 Å². The van der Waals surface area contributed by atoms with Gasteiger partial charge in [-0.05, 0) is 56.2 Å². The van der Waals surface area contributed by atoms with Crippen LogP contribution in [0.15, 0.2) is 48.5 Å².